The SMILES string of the molecule is C=CCN(C)C[C@H]1CN2CC[C@H]1C[C@@H]2CNC(=O)Nc1cccc(SC)c1. The molecule has 3 aliphatic heterocycles. The number of anilines is 1. The molecule has 4 atom stereocenters. The molecular formula is C21H32N4OS. The van der Waals surface area contributed by atoms with Gasteiger partial charge in [0, 0.05) is 42.8 Å². The number of nitrogens with zero attached hydrogens (tertiary/aromatic N) is 2. The average molecular weight is 389 g/mol. The van der Waals surface area contributed by atoms with Crippen LogP contribution in [0.3, 0.4) is 0 Å². The van der Waals surface area contributed by atoms with Gasteiger partial charge in [-0.3, -0.25) is 4.90 Å². The zero-order valence-corrected chi connectivity index (χ0v) is 17.3. The molecule has 148 valence electrons. The summed E-state index contributed by atoms with van der Waals surface area (Å²) in [6.07, 6.45) is 6.49. The Morgan fingerprint density at radius 3 is 3.04 bits per heavy atom. The fourth-order valence-electron chi connectivity index (χ4n) is 4.45. The third-order valence-corrected chi connectivity index (χ3v) is 6.55. The topological polar surface area (TPSA) is 47.6 Å². The summed E-state index contributed by atoms with van der Waals surface area (Å²) in [6, 6.07) is 8.29. The van der Waals surface area contributed by atoms with Crippen LogP contribution in [0.15, 0.2) is 41.8 Å². The number of piperidine rings is 3. The summed E-state index contributed by atoms with van der Waals surface area (Å²) < 4.78 is 0. The second-order valence-corrected chi connectivity index (χ2v) is 8.65. The summed E-state index contributed by atoms with van der Waals surface area (Å²) in [5, 5.41) is 6.03. The number of urea groups is 1. The third-order valence-electron chi connectivity index (χ3n) is 5.83. The van der Waals surface area contributed by atoms with E-state index in [1.54, 1.807) is 11.8 Å². The molecule has 3 heterocycles. The highest BCUT2D eigenvalue weighted by Crippen LogP contribution is 2.36. The van der Waals surface area contributed by atoms with E-state index < -0.39 is 0 Å². The van der Waals surface area contributed by atoms with Gasteiger partial charge in [-0.25, -0.2) is 4.79 Å². The molecule has 2 bridgehead atoms. The summed E-state index contributed by atoms with van der Waals surface area (Å²) in [7, 11) is 2.18. The molecule has 4 rings (SSSR count). The maximum Gasteiger partial charge on any atom is 0.319 e. The van der Waals surface area contributed by atoms with Gasteiger partial charge in [-0.1, -0.05) is 12.1 Å². The lowest BCUT2D eigenvalue weighted by Crippen LogP contribution is -2.58. The number of carbonyl (C=O) groups is 1. The van der Waals surface area contributed by atoms with E-state index >= 15 is 0 Å². The Balaban J connectivity index is 1.45. The van der Waals surface area contributed by atoms with Crippen LogP contribution in [0.2, 0.25) is 0 Å². The first-order chi connectivity index (χ1) is 13.1. The molecule has 2 amide bonds. The van der Waals surface area contributed by atoms with Crippen LogP contribution in [0.5, 0.6) is 0 Å². The molecule has 1 aromatic rings. The van der Waals surface area contributed by atoms with Gasteiger partial charge in [0.25, 0.3) is 0 Å². The van der Waals surface area contributed by atoms with Crippen LogP contribution >= 0.6 is 11.8 Å². The van der Waals surface area contributed by atoms with Gasteiger partial charge in [0.15, 0.2) is 0 Å². The zero-order valence-electron chi connectivity index (χ0n) is 16.5. The standard InChI is InChI=1S/C21H32N4OS/c1-4-9-24(2)14-17-15-25-10-8-16(17)11-19(25)13-22-21(26)23-18-6-5-7-20(12-18)27-3/h4-7,12,16-17,19H,1,8-11,13-15H2,2-3H3,(H2,22,23,26)/t16-,17-,19+/m0/s1. The summed E-state index contributed by atoms with van der Waals surface area (Å²) in [6.45, 7) is 8.96. The number of nitrogens with one attached hydrogen (secondary N) is 2. The van der Waals surface area contributed by atoms with E-state index in [2.05, 4.69) is 34.1 Å². The smallest absolute Gasteiger partial charge is 0.319 e. The molecule has 1 aromatic carbocycles. The number of hydrogen-bond acceptors (Lipinski definition) is 4. The Kier molecular flexibility index (Phi) is 7.21. The molecule has 0 radical (unpaired) electrons. The number of hydrogen-bond donors (Lipinski definition) is 2. The van der Waals surface area contributed by atoms with Crippen LogP contribution in [0.1, 0.15) is 12.8 Å². The first-order valence-corrected chi connectivity index (χ1v) is 11.0. The van der Waals surface area contributed by atoms with Crippen molar-refractivity contribution in [3.05, 3.63) is 36.9 Å². The van der Waals surface area contributed by atoms with E-state index in [4.69, 9.17) is 0 Å². The van der Waals surface area contributed by atoms with Gasteiger partial charge >= 0.3 is 6.03 Å². The van der Waals surface area contributed by atoms with Crippen LogP contribution < -0.4 is 10.6 Å². The normalized spacial score (nSPS) is 26.8. The van der Waals surface area contributed by atoms with Crippen molar-refractivity contribution in [1.82, 2.24) is 15.1 Å². The van der Waals surface area contributed by atoms with E-state index in [1.165, 1.54) is 12.8 Å². The summed E-state index contributed by atoms with van der Waals surface area (Å²) >= 11 is 1.67. The molecule has 0 spiro atoms. The Morgan fingerprint density at radius 1 is 1.48 bits per heavy atom. The lowest BCUT2D eigenvalue weighted by atomic mass is 9.75. The Labute approximate surface area is 167 Å². The number of likely N-dealkylation sites (N-methyl/N-ethyl adjacent to an activating group) is 1. The molecule has 0 aromatic heterocycles. The lowest BCUT2D eigenvalue weighted by molar-refractivity contribution is -0.00709. The van der Waals surface area contributed by atoms with Crippen molar-refractivity contribution < 1.29 is 4.79 Å². The van der Waals surface area contributed by atoms with E-state index in [0.717, 1.165) is 55.1 Å². The van der Waals surface area contributed by atoms with E-state index in [-0.39, 0.29) is 6.03 Å². The Bertz CT molecular complexity index is 653. The van der Waals surface area contributed by atoms with Gasteiger partial charge in [-0.05, 0) is 62.7 Å². The number of benzene rings is 1. The van der Waals surface area contributed by atoms with Gasteiger partial charge in [0.1, 0.15) is 0 Å². The van der Waals surface area contributed by atoms with Crippen molar-refractivity contribution >= 4 is 23.5 Å². The highest BCUT2D eigenvalue weighted by molar-refractivity contribution is 7.98. The van der Waals surface area contributed by atoms with E-state index in [0.29, 0.717) is 6.04 Å². The minimum atomic E-state index is -0.113. The molecule has 5 nitrogen and oxygen atoms in total. The first-order valence-electron chi connectivity index (χ1n) is 9.81. The van der Waals surface area contributed by atoms with Gasteiger partial charge in [0.05, 0.1) is 0 Å². The molecule has 27 heavy (non-hydrogen) atoms. The largest absolute Gasteiger partial charge is 0.336 e. The fourth-order valence-corrected chi connectivity index (χ4v) is 4.91. The number of carbonyl (C=O) groups excluding carboxylic acids is 1. The van der Waals surface area contributed by atoms with Crippen LogP contribution in [-0.2, 0) is 0 Å². The van der Waals surface area contributed by atoms with Crippen molar-refractivity contribution in [3.63, 3.8) is 0 Å². The minimum absolute atomic E-state index is 0.113. The van der Waals surface area contributed by atoms with E-state index in [1.807, 2.05) is 36.6 Å². The lowest BCUT2D eigenvalue weighted by Gasteiger charge is -2.50. The highest BCUT2D eigenvalue weighted by Gasteiger charge is 2.40. The van der Waals surface area contributed by atoms with Crippen molar-refractivity contribution in [1.29, 1.82) is 0 Å². The van der Waals surface area contributed by atoms with Gasteiger partial charge < -0.3 is 15.5 Å². The predicted molar refractivity (Wildman–Crippen MR) is 115 cm³/mol. The van der Waals surface area contributed by atoms with Gasteiger partial charge in [-0.2, -0.15) is 0 Å². The molecule has 2 N–H and O–H groups in total. The maximum atomic E-state index is 12.3. The van der Waals surface area contributed by atoms with Crippen molar-refractivity contribution in [3.8, 4) is 0 Å². The van der Waals surface area contributed by atoms with Crippen LogP contribution in [0.4, 0.5) is 10.5 Å². The highest BCUT2D eigenvalue weighted by atomic mass is 32.2. The quantitative estimate of drug-likeness (QED) is 0.530. The summed E-state index contributed by atoms with van der Waals surface area (Å²) in [5.74, 6) is 1.51. The number of fused-ring (bicyclic) bond motifs is 3. The Morgan fingerprint density at radius 2 is 2.33 bits per heavy atom. The Hall–Kier alpha value is -1.50. The van der Waals surface area contributed by atoms with Crippen LogP contribution in [0.25, 0.3) is 0 Å². The minimum Gasteiger partial charge on any atom is -0.336 e. The number of thioether (sulfide) groups is 1. The summed E-state index contributed by atoms with van der Waals surface area (Å²) in [5.41, 5.74) is 0.843. The van der Waals surface area contributed by atoms with Crippen molar-refractivity contribution in [2.24, 2.45) is 11.8 Å². The molecule has 3 saturated heterocycles. The molecule has 0 aliphatic carbocycles. The molecule has 0 saturated carbocycles. The molecule has 1 unspecified atom stereocenters. The molecule has 3 fully saturated rings. The third kappa shape index (κ3) is 5.50. The monoisotopic (exact) mass is 388 g/mol. The second kappa shape index (κ2) is 9.62. The van der Waals surface area contributed by atoms with Gasteiger partial charge in [0.2, 0.25) is 0 Å². The van der Waals surface area contributed by atoms with Crippen LogP contribution in [0, 0.1) is 11.8 Å². The first kappa shape index (κ1) is 20.2. The van der Waals surface area contributed by atoms with Crippen LogP contribution in [-0.4, -0.2) is 67.9 Å². The second-order valence-electron chi connectivity index (χ2n) is 7.77. The summed E-state index contributed by atoms with van der Waals surface area (Å²) in [4.78, 5) is 18.4. The van der Waals surface area contributed by atoms with Gasteiger partial charge in [-0.15, -0.1) is 18.3 Å². The fraction of sp³-hybridized carbons (Fsp3) is 0.571. The number of rotatable bonds is 8. The van der Waals surface area contributed by atoms with Crippen molar-refractivity contribution in [2.75, 3.05) is 51.3 Å². The number of amides is 2. The average Bonchev–Trinajstić information content (AvgIpc) is 2.67. The molecule has 3 aliphatic rings. The molecule has 6 heteroatoms. The molecular weight excluding hydrogens is 356 g/mol. The van der Waals surface area contributed by atoms with Crippen molar-refractivity contribution in [2.45, 2.75) is 23.8 Å². The van der Waals surface area contributed by atoms with E-state index in [9.17, 15) is 4.79 Å². The zero-order chi connectivity index (χ0) is 19.2. The predicted octanol–water partition coefficient (Wildman–Crippen LogP) is 3.36. The maximum absolute atomic E-state index is 12.3.